The van der Waals surface area contributed by atoms with Crippen LogP contribution < -0.4 is 10.5 Å². The first-order valence-corrected chi connectivity index (χ1v) is 8.05. The predicted molar refractivity (Wildman–Crippen MR) is 80.5 cm³/mol. The van der Waals surface area contributed by atoms with Gasteiger partial charge in [-0.1, -0.05) is 11.6 Å². The minimum atomic E-state index is -3.63. The summed E-state index contributed by atoms with van der Waals surface area (Å²) in [6.45, 7) is 1.92. The van der Waals surface area contributed by atoms with E-state index >= 15 is 0 Å². The average Bonchev–Trinajstić information content (AvgIpc) is 2.81. The molecule has 1 aromatic carbocycles. The highest BCUT2D eigenvalue weighted by Gasteiger charge is 2.16. The fourth-order valence-electron chi connectivity index (χ4n) is 1.83. The van der Waals surface area contributed by atoms with Crippen molar-refractivity contribution in [1.82, 2.24) is 19.5 Å². The Kier molecular flexibility index (Phi) is 4.50. The van der Waals surface area contributed by atoms with Crippen molar-refractivity contribution in [3.63, 3.8) is 0 Å². The molecule has 0 spiro atoms. The summed E-state index contributed by atoms with van der Waals surface area (Å²) in [5.74, 6) is 0.699. The van der Waals surface area contributed by atoms with Crippen LogP contribution in [0.25, 0.3) is 0 Å². The summed E-state index contributed by atoms with van der Waals surface area (Å²) in [5, 5.41) is 7.99. The van der Waals surface area contributed by atoms with Gasteiger partial charge in [0.25, 0.3) is 0 Å². The topological polar surface area (TPSA) is 103 Å². The second kappa shape index (κ2) is 6.00. The molecule has 2 rings (SSSR count). The molecule has 0 radical (unpaired) electrons. The minimum absolute atomic E-state index is 0.0971. The zero-order valence-electron chi connectivity index (χ0n) is 11.7. The van der Waals surface area contributed by atoms with E-state index in [1.165, 1.54) is 12.1 Å². The molecule has 3 N–H and O–H groups in total. The van der Waals surface area contributed by atoms with E-state index < -0.39 is 10.0 Å². The molecule has 1 aromatic heterocycles. The number of nitrogens with one attached hydrogen (secondary N) is 1. The normalized spacial score (nSPS) is 11.8. The third kappa shape index (κ3) is 3.52. The van der Waals surface area contributed by atoms with Gasteiger partial charge < -0.3 is 10.3 Å². The molecule has 7 nitrogen and oxygen atoms in total. The zero-order chi connectivity index (χ0) is 15.6. The van der Waals surface area contributed by atoms with Gasteiger partial charge in [0.15, 0.2) is 0 Å². The molecule has 1 heterocycles. The van der Waals surface area contributed by atoms with Crippen molar-refractivity contribution in [2.75, 3.05) is 12.3 Å². The summed E-state index contributed by atoms with van der Waals surface area (Å²) in [5.41, 5.74) is 6.56. The Labute approximate surface area is 128 Å². The maximum atomic E-state index is 12.2. The van der Waals surface area contributed by atoms with Crippen LogP contribution in [0.2, 0.25) is 5.02 Å². The fraction of sp³-hybridized carbons (Fsp3) is 0.333. The second-order valence-electron chi connectivity index (χ2n) is 4.65. The van der Waals surface area contributed by atoms with Crippen molar-refractivity contribution in [2.45, 2.75) is 18.2 Å². The van der Waals surface area contributed by atoms with Crippen LogP contribution in [0.3, 0.4) is 0 Å². The summed E-state index contributed by atoms with van der Waals surface area (Å²) >= 11 is 5.93. The molecule has 0 aliphatic carbocycles. The number of nitrogens with two attached hydrogens (primary N) is 1. The molecule has 2 aromatic rings. The molecule has 0 atom stereocenters. The lowest BCUT2D eigenvalue weighted by Gasteiger charge is -2.10. The summed E-state index contributed by atoms with van der Waals surface area (Å²) in [4.78, 5) is 0.0971. The molecular formula is C12H16ClN5O2S. The molecule has 0 amide bonds. The largest absolute Gasteiger partial charge is 0.397 e. The average molecular weight is 330 g/mol. The number of hydrogen-bond donors (Lipinski definition) is 2. The van der Waals surface area contributed by atoms with Gasteiger partial charge in [-0.15, -0.1) is 10.2 Å². The number of nitrogens with zero attached hydrogens (tertiary/aromatic N) is 3. The van der Waals surface area contributed by atoms with Gasteiger partial charge in [-0.25, -0.2) is 13.1 Å². The van der Waals surface area contributed by atoms with Crippen LogP contribution in [0.4, 0.5) is 5.69 Å². The van der Waals surface area contributed by atoms with Gasteiger partial charge in [0, 0.05) is 20.0 Å². The molecule has 9 heteroatoms. The number of aryl methyl sites for hydroxylation is 2. The Balaban J connectivity index is 2.10. The molecule has 0 fully saturated rings. The van der Waals surface area contributed by atoms with Gasteiger partial charge in [0.05, 0.1) is 15.6 Å². The standard InChI is InChI=1S/C12H16ClN5O2S/c1-8-5-9(6-10(14)12(8)13)21(19,20)16-4-3-11-17-15-7-18(11)2/h5-7,16H,3-4,14H2,1-2H3. The maximum absolute atomic E-state index is 12.2. The number of rotatable bonds is 5. The van der Waals surface area contributed by atoms with Gasteiger partial charge >= 0.3 is 0 Å². The van der Waals surface area contributed by atoms with Crippen LogP contribution in [0, 0.1) is 6.92 Å². The monoisotopic (exact) mass is 329 g/mol. The smallest absolute Gasteiger partial charge is 0.240 e. The number of nitrogen functional groups attached to an aromatic ring is 1. The highest BCUT2D eigenvalue weighted by atomic mass is 35.5. The molecule has 0 bridgehead atoms. The SMILES string of the molecule is Cc1cc(S(=O)(=O)NCCc2nncn2C)cc(N)c1Cl. The fourth-order valence-corrected chi connectivity index (χ4v) is 3.09. The lowest BCUT2D eigenvalue weighted by Crippen LogP contribution is -2.26. The summed E-state index contributed by atoms with van der Waals surface area (Å²) in [6.07, 6.45) is 2.00. The van der Waals surface area contributed by atoms with Crippen molar-refractivity contribution in [1.29, 1.82) is 0 Å². The van der Waals surface area contributed by atoms with Gasteiger partial charge in [-0.2, -0.15) is 0 Å². The van der Waals surface area contributed by atoms with Crippen LogP contribution in [-0.4, -0.2) is 29.7 Å². The van der Waals surface area contributed by atoms with Crippen molar-refractivity contribution < 1.29 is 8.42 Å². The Hall–Kier alpha value is -1.64. The van der Waals surface area contributed by atoms with E-state index in [1.807, 2.05) is 0 Å². The lowest BCUT2D eigenvalue weighted by molar-refractivity contribution is 0.580. The molecule has 114 valence electrons. The van der Waals surface area contributed by atoms with Crippen LogP contribution >= 0.6 is 11.6 Å². The van der Waals surface area contributed by atoms with E-state index in [1.54, 1.807) is 24.9 Å². The van der Waals surface area contributed by atoms with Crippen LogP contribution in [0.15, 0.2) is 23.4 Å². The van der Waals surface area contributed by atoms with Gasteiger partial charge in [0.2, 0.25) is 10.0 Å². The minimum Gasteiger partial charge on any atom is -0.397 e. The Morgan fingerprint density at radius 3 is 2.71 bits per heavy atom. The summed E-state index contributed by atoms with van der Waals surface area (Å²) in [6, 6.07) is 2.84. The van der Waals surface area contributed by atoms with E-state index in [4.69, 9.17) is 17.3 Å². The second-order valence-corrected chi connectivity index (χ2v) is 6.79. The van der Waals surface area contributed by atoms with E-state index in [-0.39, 0.29) is 17.1 Å². The molecule has 0 saturated carbocycles. The lowest BCUT2D eigenvalue weighted by atomic mass is 10.2. The number of aromatic nitrogens is 3. The van der Waals surface area contributed by atoms with Crippen molar-refractivity contribution in [3.05, 3.63) is 34.9 Å². The summed E-state index contributed by atoms with van der Waals surface area (Å²) < 4.78 is 28.7. The number of anilines is 1. The number of halogens is 1. The molecule has 0 aliphatic rings. The molecular weight excluding hydrogens is 314 g/mol. The summed E-state index contributed by atoms with van der Waals surface area (Å²) in [7, 11) is -1.84. The molecule has 0 unspecified atom stereocenters. The van der Waals surface area contributed by atoms with E-state index in [2.05, 4.69) is 14.9 Å². The molecule has 21 heavy (non-hydrogen) atoms. The zero-order valence-corrected chi connectivity index (χ0v) is 13.2. The quantitative estimate of drug-likeness (QED) is 0.793. The van der Waals surface area contributed by atoms with Gasteiger partial charge in [-0.05, 0) is 24.6 Å². The Morgan fingerprint density at radius 2 is 2.14 bits per heavy atom. The van der Waals surface area contributed by atoms with Crippen LogP contribution in [-0.2, 0) is 23.5 Å². The first kappa shape index (κ1) is 15.7. The predicted octanol–water partition coefficient (Wildman–Crippen LogP) is 0.880. The van der Waals surface area contributed by atoms with E-state index in [9.17, 15) is 8.42 Å². The van der Waals surface area contributed by atoms with E-state index in [0.717, 1.165) is 0 Å². The first-order valence-electron chi connectivity index (χ1n) is 6.19. The van der Waals surface area contributed by atoms with Crippen molar-refractivity contribution in [2.24, 2.45) is 7.05 Å². The number of sulfonamides is 1. The Morgan fingerprint density at radius 1 is 1.43 bits per heavy atom. The maximum Gasteiger partial charge on any atom is 0.240 e. The third-order valence-electron chi connectivity index (χ3n) is 3.01. The van der Waals surface area contributed by atoms with Crippen LogP contribution in [0.1, 0.15) is 11.4 Å². The third-order valence-corrected chi connectivity index (χ3v) is 4.97. The first-order chi connectivity index (χ1) is 9.81. The number of benzene rings is 1. The molecule has 0 aliphatic heterocycles. The Bertz CT molecular complexity index is 734. The van der Waals surface area contributed by atoms with Crippen LogP contribution in [0.5, 0.6) is 0 Å². The van der Waals surface area contributed by atoms with Crippen molar-refractivity contribution >= 4 is 27.3 Å². The highest BCUT2D eigenvalue weighted by Crippen LogP contribution is 2.26. The molecule has 0 saturated heterocycles. The highest BCUT2D eigenvalue weighted by molar-refractivity contribution is 7.89. The van der Waals surface area contributed by atoms with Crippen molar-refractivity contribution in [3.8, 4) is 0 Å². The van der Waals surface area contributed by atoms with Gasteiger partial charge in [-0.3, -0.25) is 0 Å². The number of hydrogen-bond acceptors (Lipinski definition) is 5. The van der Waals surface area contributed by atoms with Gasteiger partial charge in [0.1, 0.15) is 12.2 Å². The van der Waals surface area contributed by atoms with E-state index in [0.29, 0.717) is 22.8 Å².